The maximum absolute atomic E-state index is 11.3. The Morgan fingerprint density at radius 3 is 1.38 bits per heavy atom. The first kappa shape index (κ1) is 40.6. The van der Waals surface area contributed by atoms with Gasteiger partial charge < -0.3 is 29.9 Å². The molecule has 3 aliphatic heterocycles. The summed E-state index contributed by atoms with van der Waals surface area (Å²) in [6.45, 7) is 15.2. The van der Waals surface area contributed by atoms with E-state index in [-0.39, 0.29) is 5.60 Å². The molecule has 0 radical (unpaired) electrons. The van der Waals surface area contributed by atoms with Gasteiger partial charge in [0.1, 0.15) is 31.3 Å². The normalized spacial score (nSPS) is 18.4. The van der Waals surface area contributed by atoms with Gasteiger partial charge in [-0.25, -0.2) is 38.3 Å². The Morgan fingerprint density at radius 2 is 1.04 bits per heavy atom. The van der Waals surface area contributed by atoms with Gasteiger partial charge in [0.15, 0.2) is 0 Å². The second kappa shape index (κ2) is 19.1. The van der Waals surface area contributed by atoms with Crippen molar-refractivity contribution in [1.82, 2.24) is 44.4 Å². The minimum Gasteiger partial charge on any atom is -0.356 e. The first-order chi connectivity index (χ1) is 23.7. The van der Waals surface area contributed by atoms with Crippen LogP contribution < -0.4 is 20.0 Å². The Labute approximate surface area is 319 Å². The van der Waals surface area contributed by atoms with Crippen LogP contribution in [0, 0.1) is 0 Å². The highest BCUT2D eigenvalue weighted by molar-refractivity contribution is 9.11. The van der Waals surface area contributed by atoms with Crippen molar-refractivity contribution in [3.05, 3.63) is 51.0 Å². The molecular formula is C30H45Br3N12O4S. The fourth-order valence-electron chi connectivity index (χ4n) is 5.11. The maximum Gasteiger partial charge on any atom is 0.216 e. The van der Waals surface area contributed by atoms with Crippen molar-refractivity contribution in [3.8, 4) is 0 Å². The van der Waals surface area contributed by atoms with Crippen LogP contribution >= 0.6 is 47.8 Å². The highest BCUT2D eigenvalue weighted by Gasteiger charge is 2.27. The molecule has 0 aromatic carbocycles. The molecule has 3 aliphatic rings. The van der Waals surface area contributed by atoms with Gasteiger partial charge in [0, 0.05) is 78.5 Å². The second-order valence-electron chi connectivity index (χ2n) is 12.6. The summed E-state index contributed by atoms with van der Waals surface area (Å²) in [5.74, 6) is 2.60. The molecule has 3 aromatic rings. The number of ether oxygens (including phenoxy) is 1. The number of halogens is 3. The predicted molar refractivity (Wildman–Crippen MR) is 204 cm³/mol. The van der Waals surface area contributed by atoms with E-state index in [1.54, 1.807) is 37.2 Å². The Hall–Kier alpha value is -2.17. The lowest BCUT2D eigenvalue weighted by Gasteiger charge is -2.39. The molecule has 6 rings (SSSR count). The van der Waals surface area contributed by atoms with Crippen LogP contribution in [0.2, 0.25) is 0 Å². The third kappa shape index (κ3) is 13.4. The van der Waals surface area contributed by atoms with E-state index >= 15 is 0 Å². The van der Waals surface area contributed by atoms with Crippen molar-refractivity contribution in [2.45, 2.75) is 32.8 Å². The summed E-state index contributed by atoms with van der Waals surface area (Å²) >= 11 is 9.77. The van der Waals surface area contributed by atoms with Crippen molar-refractivity contribution in [1.29, 1.82) is 0 Å². The Morgan fingerprint density at radius 1 is 0.660 bits per heavy atom. The third-order valence-electron chi connectivity index (χ3n) is 7.70. The van der Waals surface area contributed by atoms with E-state index in [1.165, 1.54) is 10.6 Å². The van der Waals surface area contributed by atoms with E-state index in [1.807, 2.05) is 30.6 Å². The van der Waals surface area contributed by atoms with E-state index in [2.05, 4.69) is 92.8 Å². The van der Waals surface area contributed by atoms with Gasteiger partial charge in [0.05, 0.1) is 49.0 Å². The largest absolute Gasteiger partial charge is 0.356 e. The maximum atomic E-state index is 11.3. The molecule has 0 saturated carbocycles. The van der Waals surface area contributed by atoms with Crippen molar-refractivity contribution >= 4 is 75.3 Å². The van der Waals surface area contributed by atoms with Gasteiger partial charge in [-0.1, -0.05) is 0 Å². The van der Waals surface area contributed by atoms with E-state index in [9.17, 15) is 13.5 Å². The van der Waals surface area contributed by atoms with Gasteiger partial charge >= 0.3 is 0 Å². The first-order valence-corrected chi connectivity index (χ1v) is 20.3. The summed E-state index contributed by atoms with van der Waals surface area (Å²) in [7, 11) is -3.08. The number of piperazine rings is 3. The molecule has 50 heavy (non-hydrogen) atoms. The lowest BCUT2D eigenvalue weighted by Crippen LogP contribution is -2.52. The van der Waals surface area contributed by atoms with Crippen LogP contribution in [-0.2, 0) is 14.8 Å². The number of nitrogens with one attached hydrogen (secondary N) is 1. The summed E-state index contributed by atoms with van der Waals surface area (Å²) in [4.78, 5) is 33.6. The zero-order valence-corrected chi connectivity index (χ0v) is 34.2. The predicted octanol–water partition coefficient (Wildman–Crippen LogP) is 2.42. The lowest BCUT2D eigenvalue weighted by atomic mass is 10.2. The van der Waals surface area contributed by atoms with E-state index in [0.717, 1.165) is 79.0 Å². The molecule has 0 bridgehead atoms. The van der Waals surface area contributed by atoms with Gasteiger partial charge in [-0.05, 0) is 68.6 Å². The molecule has 1 unspecified atom stereocenters. The zero-order valence-electron chi connectivity index (χ0n) is 28.7. The van der Waals surface area contributed by atoms with Gasteiger partial charge in [0.25, 0.3) is 0 Å². The Balaban J connectivity index is 0.000000172. The van der Waals surface area contributed by atoms with Crippen LogP contribution in [0.4, 0.5) is 17.5 Å². The number of hydrogen-bond acceptors (Lipinski definition) is 15. The minimum atomic E-state index is -3.08. The molecule has 6 heterocycles. The molecule has 0 amide bonds. The van der Waals surface area contributed by atoms with Crippen LogP contribution in [0.25, 0.3) is 0 Å². The number of nitrogens with zero attached hydrogens (tertiary/aromatic N) is 11. The summed E-state index contributed by atoms with van der Waals surface area (Å²) in [6, 6.07) is 0. The van der Waals surface area contributed by atoms with Crippen molar-refractivity contribution in [2.24, 2.45) is 0 Å². The second-order valence-corrected chi connectivity index (χ2v) is 17.0. The summed E-state index contributed by atoms with van der Waals surface area (Å²) in [6.07, 6.45) is 10.7. The summed E-state index contributed by atoms with van der Waals surface area (Å²) in [5.41, 5.74) is -0.353. The smallest absolute Gasteiger partial charge is 0.216 e. The average Bonchev–Trinajstić information content (AvgIpc) is 3.09. The van der Waals surface area contributed by atoms with E-state index < -0.39 is 16.4 Å². The molecule has 0 aliphatic carbocycles. The van der Waals surface area contributed by atoms with Crippen molar-refractivity contribution in [2.75, 3.05) is 99.5 Å². The van der Waals surface area contributed by atoms with Gasteiger partial charge in [-0.3, -0.25) is 4.90 Å². The summed E-state index contributed by atoms with van der Waals surface area (Å²) < 4.78 is 31.9. The quantitative estimate of drug-likeness (QED) is 0.346. The molecule has 1 atom stereocenters. The zero-order chi connectivity index (χ0) is 36.3. The fraction of sp³-hybridized carbons (Fsp3) is 0.600. The molecule has 16 nitrogen and oxygen atoms in total. The Bertz CT molecular complexity index is 1550. The molecule has 3 fully saturated rings. The van der Waals surface area contributed by atoms with Crippen molar-refractivity contribution < 1.29 is 18.3 Å². The van der Waals surface area contributed by atoms with Gasteiger partial charge in [0.2, 0.25) is 16.4 Å². The monoisotopic (exact) mass is 906 g/mol. The lowest BCUT2D eigenvalue weighted by molar-refractivity contribution is -0.239. The summed E-state index contributed by atoms with van der Waals surface area (Å²) in [5, 5.41) is 13.4. The molecule has 3 aromatic heterocycles. The van der Waals surface area contributed by atoms with Gasteiger partial charge in [-0.15, -0.1) is 0 Å². The molecule has 2 N–H and O–H groups in total. The van der Waals surface area contributed by atoms with Crippen LogP contribution in [0.1, 0.15) is 20.8 Å². The number of aliphatic hydroxyl groups excluding tert-OH is 1. The Kier molecular flexibility index (Phi) is 15.5. The van der Waals surface area contributed by atoms with Gasteiger partial charge in [-0.2, -0.15) is 4.31 Å². The van der Waals surface area contributed by atoms with Crippen LogP contribution in [0.15, 0.2) is 51.0 Å². The third-order valence-corrected chi connectivity index (χ3v) is 10.2. The SMILES string of the molecule is Brc1cnc(N2CCNCC2)cn1.CC(C)(C)OC(O)N1CCN(c2cnc(Br)cn2)CC1.CS(=O)(=O)N1CCN(c2cnc(Br)cn2)CC1. The first-order valence-electron chi connectivity index (χ1n) is 16.1. The molecule has 20 heteroatoms. The minimum absolute atomic E-state index is 0.353. The number of hydrogen-bond donors (Lipinski definition) is 2. The average molecular weight is 910 g/mol. The topological polar surface area (TPSA) is 169 Å². The van der Waals surface area contributed by atoms with E-state index in [4.69, 9.17) is 4.74 Å². The van der Waals surface area contributed by atoms with Crippen LogP contribution in [-0.4, -0.2) is 149 Å². The number of rotatable bonds is 6. The number of aliphatic hydroxyl groups is 1. The number of aromatic nitrogens is 6. The highest BCUT2D eigenvalue weighted by Crippen LogP contribution is 2.18. The molecule has 0 spiro atoms. The highest BCUT2D eigenvalue weighted by atomic mass is 79.9. The van der Waals surface area contributed by atoms with E-state index in [0.29, 0.717) is 30.8 Å². The van der Waals surface area contributed by atoms with Crippen molar-refractivity contribution in [3.63, 3.8) is 0 Å². The molecule has 3 saturated heterocycles. The number of anilines is 3. The molecule has 276 valence electrons. The fourth-order valence-corrected chi connectivity index (χ4v) is 6.55. The standard InChI is InChI=1S/C13H21BrN4O2.C9H13BrN4O2S.C8H11BrN4/c1-13(2,3)20-12(19)18-6-4-17(5-7-18)11-9-15-10(14)8-16-11;1-17(15,16)14-4-2-13(3-5-14)9-7-11-8(10)6-12-9;9-7-5-12-8(6-11-7)13-3-1-10-2-4-13/h8-9,12,19H,4-7H2,1-3H3;6-7H,2-5H2,1H3;5-6,10H,1-4H2. The van der Waals surface area contributed by atoms with Crippen LogP contribution in [0.5, 0.6) is 0 Å². The van der Waals surface area contributed by atoms with Crippen LogP contribution in [0.3, 0.4) is 0 Å². The molecular weight excluding hydrogens is 864 g/mol. The number of sulfonamides is 1.